The molecule has 6 heteroatoms. The second-order valence-electron chi connectivity index (χ2n) is 7.79. The lowest BCUT2D eigenvalue weighted by atomic mass is 10.1. The fourth-order valence-corrected chi connectivity index (χ4v) is 3.82. The predicted molar refractivity (Wildman–Crippen MR) is 117 cm³/mol. The van der Waals surface area contributed by atoms with Gasteiger partial charge in [0.15, 0.2) is 5.69 Å². The van der Waals surface area contributed by atoms with Gasteiger partial charge in [-0.25, -0.2) is 4.68 Å². The van der Waals surface area contributed by atoms with Crippen molar-refractivity contribution in [3.63, 3.8) is 0 Å². The topological polar surface area (TPSA) is 67.2 Å². The number of anilines is 2. The Kier molecular flexibility index (Phi) is 5.34. The van der Waals surface area contributed by atoms with Gasteiger partial charge >= 0.3 is 0 Å². The van der Waals surface area contributed by atoms with E-state index >= 15 is 0 Å². The van der Waals surface area contributed by atoms with Gasteiger partial charge in [0.2, 0.25) is 0 Å². The molecule has 0 unspecified atom stereocenters. The van der Waals surface area contributed by atoms with Gasteiger partial charge in [0, 0.05) is 29.9 Å². The largest absolute Gasteiger partial charge is 0.372 e. The van der Waals surface area contributed by atoms with Crippen LogP contribution in [0.4, 0.5) is 11.4 Å². The van der Waals surface area contributed by atoms with Gasteiger partial charge in [-0.05, 0) is 63.4 Å². The van der Waals surface area contributed by atoms with Crippen molar-refractivity contribution in [1.29, 1.82) is 0 Å². The molecule has 0 atom stereocenters. The van der Waals surface area contributed by atoms with Crippen LogP contribution < -0.4 is 15.8 Å². The minimum Gasteiger partial charge on any atom is -0.372 e. The van der Waals surface area contributed by atoms with E-state index in [1.54, 1.807) is 18.2 Å². The number of aromatic nitrogens is 2. The second kappa shape index (κ2) is 8.07. The number of nitrogens with zero attached hydrogens (tertiary/aromatic N) is 3. The fourth-order valence-electron chi connectivity index (χ4n) is 3.82. The van der Waals surface area contributed by atoms with E-state index in [9.17, 15) is 9.59 Å². The highest BCUT2D eigenvalue weighted by atomic mass is 16.2. The van der Waals surface area contributed by atoms with Gasteiger partial charge in [-0.1, -0.05) is 18.2 Å². The number of fused-ring (bicyclic) bond motifs is 1. The first-order valence-corrected chi connectivity index (χ1v) is 10.2. The van der Waals surface area contributed by atoms with Crippen LogP contribution >= 0.6 is 0 Å². The van der Waals surface area contributed by atoms with E-state index in [1.165, 1.54) is 29.6 Å². The van der Waals surface area contributed by atoms with E-state index in [1.807, 2.05) is 44.2 Å². The molecule has 0 bridgehead atoms. The molecule has 2 aromatic carbocycles. The monoisotopic (exact) mass is 390 g/mol. The number of carbonyl (C=O) groups is 1. The average molecular weight is 390 g/mol. The van der Waals surface area contributed by atoms with Crippen molar-refractivity contribution in [2.75, 3.05) is 23.3 Å². The predicted octanol–water partition coefficient (Wildman–Crippen LogP) is 4.22. The van der Waals surface area contributed by atoms with Crippen molar-refractivity contribution in [2.24, 2.45) is 0 Å². The average Bonchev–Trinajstić information content (AvgIpc) is 2.75. The molecule has 1 fully saturated rings. The zero-order valence-electron chi connectivity index (χ0n) is 16.9. The number of rotatable bonds is 4. The number of hydrogen-bond acceptors (Lipinski definition) is 4. The van der Waals surface area contributed by atoms with Gasteiger partial charge in [0.25, 0.3) is 11.5 Å². The Labute approximate surface area is 170 Å². The van der Waals surface area contributed by atoms with Gasteiger partial charge in [-0.2, -0.15) is 5.10 Å². The smallest absolute Gasteiger partial charge is 0.276 e. The molecule has 1 saturated heterocycles. The number of nitrogens with one attached hydrogen (secondary N) is 1. The molecule has 0 saturated carbocycles. The molecule has 0 aliphatic carbocycles. The fraction of sp³-hybridized carbons (Fsp3) is 0.348. The van der Waals surface area contributed by atoms with Crippen molar-refractivity contribution >= 4 is 28.1 Å². The minimum absolute atomic E-state index is 0.137. The highest BCUT2D eigenvalue weighted by Crippen LogP contribution is 2.23. The van der Waals surface area contributed by atoms with E-state index in [0.717, 1.165) is 13.1 Å². The summed E-state index contributed by atoms with van der Waals surface area (Å²) in [6, 6.07) is 14.9. The molecule has 6 nitrogen and oxygen atoms in total. The molecule has 1 N–H and O–H groups in total. The zero-order valence-corrected chi connectivity index (χ0v) is 16.9. The van der Waals surface area contributed by atoms with Crippen LogP contribution in [0.2, 0.25) is 0 Å². The number of amides is 1. The van der Waals surface area contributed by atoms with Gasteiger partial charge in [0.05, 0.1) is 11.4 Å². The maximum Gasteiger partial charge on any atom is 0.276 e. The van der Waals surface area contributed by atoms with Crippen LogP contribution in [-0.4, -0.2) is 28.8 Å². The molecule has 4 rings (SSSR count). The van der Waals surface area contributed by atoms with E-state index in [0.29, 0.717) is 16.5 Å². The second-order valence-corrected chi connectivity index (χ2v) is 7.79. The Morgan fingerprint density at radius 2 is 1.62 bits per heavy atom. The molecule has 1 aliphatic rings. The van der Waals surface area contributed by atoms with Gasteiger partial charge in [0.1, 0.15) is 0 Å². The van der Waals surface area contributed by atoms with E-state index in [4.69, 9.17) is 0 Å². The highest BCUT2D eigenvalue weighted by molar-refractivity contribution is 6.11. The Balaban J connectivity index is 1.62. The standard InChI is InChI=1S/C23H26N4O2/c1-16(2)27-23(29)20-9-5-4-8-19(20)21(25-27)22(28)24-17-10-12-18(13-11-17)26-14-6-3-7-15-26/h4-5,8-13,16H,3,6-7,14-15H2,1-2H3,(H,24,28). The molecule has 1 amide bonds. The number of carbonyl (C=O) groups excluding carboxylic acids is 1. The molecule has 1 aromatic heterocycles. The molecule has 2 heterocycles. The van der Waals surface area contributed by atoms with Crippen LogP contribution in [-0.2, 0) is 0 Å². The molecule has 1 aliphatic heterocycles. The van der Waals surface area contributed by atoms with Crippen molar-refractivity contribution in [3.05, 3.63) is 64.6 Å². The minimum atomic E-state index is -0.318. The lowest BCUT2D eigenvalue weighted by molar-refractivity contribution is 0.102. The molecule has 0 radical (unpaired) electrons. The first-order chi connectivity index (χ1) is 14.0. The maximum absolute atomic E-state index is 13.0. The van der Waals surface area contributed by atoms with E-state index in [2.05, 4.69) is 15.3 Å². The molecular weight excluding hydrogens is 364 g/mol. The summed E-state index contributed by atoms with van der Waals surface area (Å²) in [5.74, 6) is -0.318. The van der Waals surface area contributed by atoms with E-state index in [-0.39, 0.29) is 23.2 Å². The first-order valence-electron chi connectivity index (χ1n) is 10.2. The van der Waals surface area contributed by atoms with Crippen molar-refractivity contribution < 1.29 is 4.79 Å². The molecule has 0 spiro atoms. The molecule has 3 aromatic rings. The normalized spacial score (nSPS) is 14.4. The number of piperidine rings is 1. The van der Waals surface area contributed by atoms with Gasteiger partial charge < -0.3 is 10.2 Å². The SMILES string of the molecule is CC(C)n1nc(C(=O)Nc2ccc(N3CCCCC3)cc2)c2ccccc2c1=O. The van der Waals surface area contributed by atoms with Crippen LogP contribution in [0.1, 0.15) is 49.6 Å². The van der Waals surface area contributed by atoms with Crippen LogP contribution in [0, 0.1) is 0 Å². The summed E-state index contributed by atoms with van der Waals surface area (Å²) < 4.78 is 1.37. The maximum atomic E-state index is 13.0. The summed E-state index contributed by atoms with van der Waals surface area (Å²) in [5.41, 5.74) is 1.97. The lowest BCUT2D eigenvalue weighted by Crippen LogP contribution is -2.29. The van der Waals surface area contributed by atoms with Crippen LogP contribution in [0.15, 0.2) is 53.3 Å². The first kappa shape index (κ1) is 19.2. The molecular formula is C23H26N4O2. The third-order valence-electron chi connectivity index (χ3n) is 5.38. The zero-order chi connectivity index (χ0) is 20.4. The third kappa shape index (κ3) is 3.88. The summed E-state index contributed by atoms with van der Waals surface area (Å²) >= 11 is 0. The van der Waals surface area contributed by atoms with Gasteiger partial charge in [-0.3, -0.25) is 9.59 Å². The van der Waals surface area contributed by atoms with Crippen molar-refractivity contribution in [1.82, 2.24) is 9.78 Å². The third-order valence-corrected chi connectivity index (χ3v) is 5.38. The summed E-state index contributed by atoms with van der Waals surface area (Å²) in [4.78, 5) is 28.0. The van der Waals surface area contributed by atoms with E-state index < -0.39 is 0 Å². The lowest BCUT2D eigenvalue weighted by Gasteiger charge is -2.28. The quantitative estimate of drug-likeness (QED) is 0.724. The number of benzene rings is 2. The van der Waals surface area contributed by atoms with Crippen LogP contribution in [0.5, 0.6) is 0 Å². The summed E-state index contributed by atoms with van der Waals surface area (Å²) in [6.07, 6.45) is 3.75. The van der Waals surface area contributed by atoms with Crippen molar-refractivity contribution in [3.8, 4) is 0 Å². The summed E-state index contributed by atoms with van der Waals surface area (Å²) in [7, 11) is 0. The van der Waals surface area contributed by atoms with Crippen LogP contribution in [0.3, 0.4) is 0 Å². The van der Waals surface area contributed by atoms with Gasteiger partial charge in [-0.15, -0.1) is 0 Å². The number of hydrogen-bond donors (Lipinski definition) is 1. The highest BCUT2D eigenvalue weighted by Gasteiger charge is 2.18. The van der Waals surface area contributed by atoms with Crippen LogP contribution in [0.25, 0.3) is 10.8 Å². The Bertz CT molecular complexity index is 1080. The summed E-state index contributed by atoms with van der Waals surface area (Å²) in [6.45, 7) is 5.92. The summed E-state index contributed by atoms with van der Waals surface area (Å²) in [5, 5.41) is 8.37. The molecule has 29 heavy (non-hydrogen) atoms. The molecule has 150 valence electrons. The Morgan fingerprint density at radius 3 is 2.28 bits per heavy atom. The Hall–Kier alpha value is -3.15. The van der Waals surface area contributed by atoms with Crippen molar-refractivity contribution in [2.45, 2.75) is 39.2 Å². The Morgan fingerprint density at radius 1 is 0.966 bits per heavy atom.